The van der Waals surface area contributed by atoms with Gasteiger partial charge in [0, 0.05) is 44.6 Å². The molecule has 4 rings (SSSR count). The van der Waals surface area contributed by atoms with Crippen LogP contribution in [0, 0.1) is 12.7 Å². The van der Waals surface area contributed by atoms with Gasteiger partial charge in [0.1, 0.15) is 5.82 Å². The second kappa shape index (κ2) is 5.42. The Kier molecular flexibility index (Phi) is 3.50. The normalized spacial score (nSPS) is 16.6. The number of hydrogen-bond donors (Lipinski definition) is 0. The number of aromatic nitrogens is 2. The zero-order valence-corrected chi connectivity index (χ0v) is 14.5. The Morgan fingerprint density at radius 3 is 2.65 bits per heavy atom. The molecule has 3 aromatic rings. The highest BCUT2D eigenvalue weighted by Crippen LogP contribution is 2.34. The molecule has 3 heterocycles. The van der Waals surface area contributed by atoms with Gasteiger partial charge in [0.15, 0.2) is 22.8 Å². The summed E-state index contributed by atoms with van der Waals surface area (Å²) in [5.74, 6) is 1.04. The Labute approximate surface area is 141 Å². The third-order valence-electron chi connectivity index (χ3n) is 4.26. The molecule has 0 saturated carbocycles. The second-order valence-corrected chi connectivity index (χ2v) is 6.77. The molecule has 0 spiro atoms. The van der Waals surface area contributed by atoms with Crippen molar-refractivity contribution in [1.82, 2.24) is 14.9 Å². The van der Waals surface area contributed by atoms with E-state index in [0.29, 0.717) is 21.5 Å². The molecule has 5 nitrogen and oxygen atoms in total. The molecule has 0 atom stereocenters. The summed E-state index contributed by atoms with van der Waals surface area (Å²) in [6.45, 7) is 5.49. The molecule has 1 aliphatic rings. The third-order valence-corrected chi connectivity index (χ3v) is 4.87. The van der Waals surface area contributed by atoms with Crippen LogP contribution in [0.3, 0.4) is 0 Å². The monoisotopic (exact) mass is 378 g/mol. The first-order valence-electron chi connectivity index (χ1n) is 7.52. The van der Waals surface area contributed by atoms with Gasteiger partial charge in [0.2, 0.25) is 0 Å². The molecule has 23 heavy (non-hydrogen) atoms. The summed E-state index contributed by atoms with van der Waals surface area (Å²) >= 11 is 3.23. The van der Waals surface area contributed by atoms with E-state index in [2.05, 4.69) is 37.8 Å². The maximum Gasteiger partial charge on any atom is 0.192 e. The number of nitrogens with zero attached hydrogens (tertiary/aromatic N) is 4. The van der Waals surface area contributed by atoms with Crippen molar-refractivity contribution in [2.75, 3.05) is 38.1 Å². The molecule has 0 bridgehead atoms. The number of rotatable bonds is 1. The van der Waals surface area contributed by atoms with Gasteiger partial charge in [-0.3, -0.25) is 0 Å². The maximum atomic E-state index is 13.9. The topological polar surface area (TPSA) is 45.4 Å². The average molecular weight is 379 g/mol. The molecule has 0 aliphatic carbocycles. The molecular formula is C16H16BrFN4O. The minimum absolute atomic E-state index is 0.329. The highest BCUT2D eigenvalue weighted by atomic mass is 79.9. The summed E-state index contributed by atoms with van der Waals surface area (Å²) < 4.78 is 20.1. The summed E-state index contributed by atoms with van der Waals surface area (Å²) in [5.41, 5.74) is 2.00. The molecular weight excluding hydrogens is 363 g/mol. The molecule has 1 fully saturated rings. The number of fused-ring (bicyclic) bond motifs is 3. The summed E-state index contributed by atoms with van der Waals surface area (Å²) in [6, 6.07) is 3.15. The fourth-order valence-electron chi connectivity index (χ4n) is 2.98. The van der Waals surface area contributed by atoms with Gasteiger partial charge >= 0.3 is 0 Å². The van der Waals surface area contributed by atoms with Crippen LogP contribution in [0.2, 0.25) is 0 Å². The molecule has 7 heteroatoms. The van der Waals surface area contributed by atoms with Crippen LogP contribution in [0.1, 0.15) is 5.89 Å². The lowest BCUT2D eigenvalue weighted by Crippen LogP contribution is -2.44. The van der Waals surface area contributed by atoms with E-state index >= 15 is 0 Å². The zero-order valence-electron chi connectivity index (χ0n) is 12.9. The SMILES string of the molecule is Cc1nc2c(N3CCN(C)CC3)nc3cc(F)c(Br)cc3c2o1. The van der Waals surface area contributed by atoms with Gasteiger partial charge in [-0.1, -0.05) is 0 Å². The molecule has 0 amide bonds. The lowest BCUT2D eigenvalue weighted by atomic mass is 10.2. The van der Waals surface area contributed by atoms with Gasteiger partial charge in [0.05, 0.1) is 9.99 Å². The number of oxazole rings is 1. The van der Waals surface area contributed by atoms with Gasteiger partial charge < -0.3 is 14.2 Å². The standard InChI is InChI=1S/C16H16BrFN4O/c1-9-19-14-15(23-9)10-7-11(17)12(18)8-13(10)20-16(14)22-5-3-21(2)4-6-22/h7-8H,3-6H2,1-2H3. The van der Waals surface area contributed by atoms with Crippen LogP contribution >= 0.6 is 15.9 Å². The van der Waals surface area contributed by atoms with Crippen molar-refractivity contribution in [3.8, 4) is 0 Å². The first kappa shape index (κ1) is 14.8. The van der Waals surface area contributed by atoms with Gasteiger partial charge in [-0.15, -0.1) is 0 Å². The van der Waals surface area contributed by atoms with Crippen molar-refractivity contribution in [2.24, 2.45) is 0 Å². The number of halogens is 2. The molecule has 1 aliphatic heterocycles. The van der Waals surface area contributed by atoms with Crippen molar-refractivity contribution < 1.29 is 8.81 Å². The number of anilines is 1. The Morgan fingerprint density at radius 2 is 1.91 bits per heavy atom. The first-order valence-corrected chi connectivity index (χ1v) is 8.31. The average Bonchev–Trinajstić information content (AvgIpc) is 2.91. The lowest BCUT2D eigenvalue weighted by molar-refractivity contribution is 0.312. The minimum Gasteiger partial charge on any atom is -0.440 e. The maximum absolute atomic E-state index is 13.9. The van der Waals surface area contributed by atoms with Gasteiger partial charge in [-0.25, -0.2) is 14.4 Å². The van der Waals surface area contributed by atoms with Gasteiger partial charge in [0.25, 0.3) is 0 Å². The second-order valence-electron chi connectivity index (χ2n) is 5.92. The highest BCUT2D eigenvalue weighted by Gasteiger charge is 2.22. The van der Waals surface area contributed by atoms with Crippen molar-refractivity contribution >= 4 is 43.8 Å². The van der Waals surface area contributed by atoms with E-state index in [-0.39, 0.29) is 5.82 Å². The van der Waals surface area contributed by atoms with E-state index in [1.807, 2.05) is 6.92 Å². The smallest absolute Gasteiger partial charge is 0.192 e. The van der Waals surface area contributed by atoms with Crippen molar-refractivity contribution in [3.63, 3.8) is 0 Å². The van der Waals surface area contributed by atoms with E-state index in [1.54, 1.807) is 6.07 Å². The van der Waals surface area contributed by atoms with Crippen LogP contribution < -0.4 is 4.90 Å². The first-order chi connectivity index (χ1) is 11.0. The fraction of sp³-hybridized carbons (Fsp3) is 0.375. The molecule has 2 aromatic heterocycles. The molecule has 1 aromatic carbocycles. The van der Waals surface area contributed by atoms with E-state index in [4.69, 9.17) is 9.40 Å². The molecule has 0 unspecified atom stereocenters. The quantitative estimate of drug-likeness (QED) is 0.649. The molecule has 0 N–H and O–H groups in total. The number of aryl methyl sites for hydroxylation is 1. The number of hydrogen-bond acceptors (Lipinski definition) is 5. The lowest BCUT2D eigenvalue weighted by Gasteiger charge is -2.33. The molecule has 1 saturated heterocycles. The van der Waals surface area contributed by atoms with Crippen LogP contribution in [0.5, 0.6) is 0 Å². The number of likely N-dealkylation sites (N-methyl/N-ethyl adjacent to an activating group) is 1. The Morgan fingerprint density at radius 1 is 1.17 bits per heavy atom. The van der Waals surface area contributed by atoms with Crippen molar-refractivity contribution in [3.05, 3.63) is 28.3 Å². The van der Waals surface area contributed by atoms with E-state index < -0.39 is 0 Å². The highest BCUT2D eigenvalue weighted by molar-refractivity contribution is 9.10. The molecule has 0 radical (unpaired) electrons. The Hall–Kier alpha value is -1.73. The summed E-state index contributed by atoms with van der Waals surface area (Å²) in [7, 11) is 2.11. The zero-order chi connectivity index (χ0) is 16.1. The van der Waals surface area contributed by atoms with E-state index in [1.165, 1.54) is 6.07 Å². The third kappa shape index (κ3) is 2.48. The number of benzene rings is 1. The van der Waals surface area contributed by atoms with Crippen LogP contribution in [-0.2, 0) is 0 Å². The van der Waals surface area contributed by atoms with E-state index in [9.17, 15) is 4.39 Å². The number of piperazine rings is 1. The summed E-state index contributed by atoms with van der Waals surface area (Å²) in [6.07, 6.45) is 0. The number of pyridine rings is 1. The Bertz CT molecular complexity index is 902. The predicted octanol–water partition coefficient (Wildman–Crippen LogP) is 3.34. The van der Waals surface area contributed by atoms with Gasteiger partial charge in [-0.2, -0.15) is 0 Å². The van der Waals surface area contributed by atoms with Crippen LogP contribution in [0.4, 0.5) is 10.2 Å². The van der Waals surface area contributed by atoms with Crippen LogP contribution in [-0.4, -0.2) is 48.1 Å². The summed E-state index contributed by atoms with van der Waals surface area (Å²) in [4.78, 5) is 13.7. The fourth-order valence-corrected chi connectivity index (χ4v) is 3.32. The van der Waals surface area contributed by atoms with E-state index in [0.717, 1.165) is 42.9 Å². The minimum atomic E-state index is -0.329. The Balaban J connectivity index is 1.97. The van der Waals surface area contributed by atoms with Gasteiger partial charge in [-0.05, 0) is 29.0 Å². The van der Waals surface area contributed by atoms with Crippen LogP contribution in [0.25, 0.3) is 22.0 Å². The predicted molar refractivity (Wildman–Crippen MR) is 91.4 cm³/mol. The van der Waals surface area contributed by atoms with Crippen molar-refractivity contribution in [2.45, 2.75) is 6.92 Å². The molecule has 120 valence electrons. The van der Waals surface area contributed by atoms with Crippen molar-refractivity contribution in [1.29, 1.82) is 0 Å². The largest absolute Gasteiger partial charge is 0.440 e. The van der Waals surface area contributed by atoms with Crippen LogP contribution in [0.15, 0.2) is 21.0 Å². The summed E-state index contributed by atoms with van der Waals surface area (Å²) in [5, 5.41) is 0.770.